The van der Waals surface area contributed by atoms with Crippen LogP contribution in [-0.2, 0) is 11.4 Å². The van der Waals surface area contributed by atoms with E-state index < -0.39 is 0 Å². The van der Waals surface area contributed by atoms with Gasteiger partial charge in [0.05, 0.1) is 17.5 Å². The van der Waals surface area contributed by atoms with E-state index in [1.54, 1.807) is 4.57 Å². The maximum absolute atomic E-state index is 12.5. The Morgan fingerprint density at radius 2 is 2.15 bits per heavy atom. The molecule has 0 saturated heterocycles. The molecule has 0 amide bonds. The van der Waals surface area contributed by atoms with E-state index in [0.29, 0.717) is 30.0 Å². The molecule has 2 aromatic rings. The van der Waals surface area contributed by atoms with E-state index in [-0.39, 0.29) is 5.56 Å². The van der Waals surface area contributed by atoms with Crippen molar-refractivity contribution in [1.29, 1.82) is 0 Å². The summed E-state index contributed by atoms with van der Waals surface area (Å²) >= 11 is 2.20. The molecule has 1 aromatic heterocycles. The molecule has 0 fully saturated rings. The van der Waals surface area contributed by atoms with Gasteiger partial charge < -0.3 is 0 Å². The summed E-state index contributed by atoms with van der Waals surface area (Å²) in [6.45, 7) is 5.25. The fraction of sp³-hybridized carbons (Fsp3) is 0.429. The average Bonchev–Trinajstić information content (AvgIpc) is 2.44. The summed E-state index contributed by atoms with van der Waals surface area (Å²) in [5, 5.41) is 0.645. The maximum atomic E-state index is 12.5. The van der Waals surface area contributed by atoms with Crippen molar-refractivity contribution in [1.82, 2.24) is 9.55 Å². The highest BCUT2D eigenvalue weighted by atomic mass is 127. The topological polar surface area (TPSA) is 56.1 Å². The molecule has 0 saturated carbocycles. The molecule has 5 nitrogen and oxygen atoms in total. The van der Waals surface area contributed by atoms with Crippen LogP contribution in [0.5, 0.6) is 0 Å². The van der Waals surface area contributed by atoms with Crippen LogP contribution in [0.2, 0.25) is 0 Å². The molecule has 1 aromatic carbocycles. The van der Waals surface area contributed by atoms with E-state index in [2.05, 4.69) is 33.1 Å². The highest BCUT2D eigenvalue weighted by Crippen LogP contribution is 2.15. The van der Waals surface area contributed by atoms with Crippen molar-refractivity contribution in [2.75, 3.05) is 12.1 Å². The fourth-order valence-electron chi connectivity index (χ4n) is 1.92. The number of hydrogen-bond donors (Lipinski definition) is 1. The van der Waals surface area contributed by atoms with Gasteiger partial charge in [-0.15, -0.1) is 0 Å². The summed E-state index contributed by atoms with van der Waals surface area (Å²) in [4.78, 5) is 22.3. The molecular formula is C14H18IN3O2. The zero-order chi connectivity index (χ0) is 14.5. The minimum atomic E-state index is -0.0297. The lowest BCUT2D eigenvalue weighted by Crippen LogP contribution is -2.25. The van der Waals surface area contributed by atoms with E-state index in [0.717, 1.165) is 16.4 Å². The molecule has 0 atom stereocenters. The van der Waals surface area contributed by atoms with Crippen LogP contribution in [0.3, 0.4) is 0 Å². The lowest BCUT2D eigenvalue weighted by molar-refractivity contribution is 0.189. The molecule has 0 bridgehead atoms. The number of fused-ring (bicyclic) bond motifs is 1. The molecule has 0 aliphatic carbocycles. The summed E-state index contributed by atoms with van der Waals surface area (Å²) in [6, 6.07) is 5.67. The predicted molar refractivity (Wildman–Crippen MR) is 88.9 cm³/mol. The third-order valence-electron chi connectivity index (χ3n) is 2.83. The van der Waals surface area contributed by atoms with Gasteiger partial charge in [0.2, 0.25) is 5.95 Å². The number of anilines is 1. The van der Waals surface area contributed by atoms with Crippen molar-refractivity contribution in [3.05, 3.63) is 32.1 Å². The molecule has 20 heavy (non-hydrogen) atoms. The summed E-state index contributed by atoms with van der Waals surface area (Å²) in [5.74, 6) is 0.471. The highest BCUT2D eigenvalue weighted by molar-refractivity contribution is 14.1. The largest absolute Gasteiger partial charge is 0.277 e. The molecule has 0 unspecified atom stereocenters. The highest BCUT2D eigenvalue weighted by Gasteiger charge is 2.10. The van der Waals surface area contributed by atoms with E-state index in [1.165, 1.54) is 0 Å². The first kappa shape index (κ1) is 15.2. The van der Waals surface area contributed by atoms with Crippen LogP contribution in [0.1, 0.15) is 26.7 Å². The predicted octanol–water partition coefficient (Wildman–Crippen LogP) is 3.16. The molecule has 1 N–H and O–H groups in total. The molecule has 1 heterocycles. The van der Waals surface area contributed by atoms with Gasteiger partial charge in [-0.1, -0.05) is 13.8 Å². The summed E-state index contributed by atoms with van der Waals surface area (Å²) in [7, 11) is 0. The first-order valence-corrected chi connectivity index (χ1v) is 7.83. The van der Waals surface area contributed by atoms with E-state index in [4.69, 9.17) is 4.84 Å². The molecular weight excluding hydrogens is 369 g/mol. The molecule has 6 heteroatoms. The minimum absolute atomic E-state index is 0.0297. The van der Waals surface area contributed by atoms with Gasteiger partial charge in [-0.05, 0) is 53.6 Å². The Bertz CT molecular complexity index is 655. The average molecular weight is 387 g/mol. The maximum Gasteiger partial charge on any atom is 0.262 e. The van der Waals surface area contributed by atoms with Gasteiger partial charge in [0, 0.05) is 10.1 Å². The van der Waals surface area contributed by atoms with E-state index >= 15 is 0 Å². The van der Waals surface area contributed by atoms with E-state index in [9.17, 15) is 4.79 Å². The van der Waals surface area contributed by atoms with Crippen LogP contribution >= 0.6 is 22.6 Å². The van der Waals surface area contributed by atoms with Crippen LogP contribution in [-0.4, -0.2) is 16.2 Å². The van der Waals surface area contributed by atoms with Gasteiger partial charge in [0.1, 0.15) is 0 Å². The SMILES string of the molecule is CCCONc1nc2ccc(I)cc2c(=O)n1CCC. The molecule has 0 aliphatic heterocycles. The first-order valence-electron chi connectivity index (χ1n) is 6.75. The van der Waals surface area contributed by atoms with Gasteiger partial charge in [-0.3, -0.25) is 14.2 Å². The second-order valence-electron chi connectivity index (χ2n) is 4.50. The molecule has 2 rings (SSSR count). The first-order chi connectivity index (χ1) is 9.67. The van der Waals surface area contributed by atoms with Crippen LogP contribution in [0.25, 0.3) is 10.9 Å². The van der Waals surface area contributed by atoms with Gasteiger partial charge in [0.15, 0.2) is 0 Å². The Morgan fingerprint density at radius 3 is 2.85 bits per heavy atom. The van der Waals surface area contributed by atoms with Crippen molar-refractivity contribution in [2.45, 2.75) is 33.2 Å². The van der Waals surface area contributed by atoms with Crippen molar-refractivity contribution in [3.8, 4) is 0 Å². The second kappa shape index (κ2) is 7.03. The second-order valence-corrected chi connectivity index (χ2v) is 5.75. The zero-order valence-electron chi connectivity index (χ0n) is 11.6. The van der Waals surface area contributed by atoms with Crippen molar-refractivity contribution >= 4 is 39.4 Å². The number of nitrogens with zero attached hydrogens (tertiary/aromatic N) is 2. The molecule has 108 valence electrons. The number of aromatic nitrogens is 2. The van der Waals surface area contributed by atoms with Crippen molar-refractivity contribution < 1.29 is 4.84 Å². The van der Waals surface area contributed by atoms with Gasteiger partial charge in [-0.2, -0.15) is 0 Å². The summed E-state index contributed by atoms with van der Waals surface area (Å²) < 4.78 is 2.66. The number of benzene rings is 1. The standard InChI is InChI=1S/C14H18IN3O2/c1-3-7-18-13(19)11-9-10(15)5-6-12(11)16-14(18)17-20-8-4-2/h5-6,9H,3-4,7-8H2,1-2H3,(H,16,17). The van der Waals surface area contributed by atoms with Crippen LogP contribution in [0.15, 0.2) is 23.0 Å². The number of nitrogens with one attached hydrogen (secondary N) is 1. The van der Waals surface area contributed by atoms with Crippen LogP contribution in [0.4, 0.5) is 5.95 Å². The summed E-state index contributed by atoms with van der Waals surface area (Å²) in [5.41, 5.74) is 3.45. The Kier molecular flexibility index (Phi) is 5.36. The number of rotatable bonds is 6. The Morgan fingerprint density at radius 1 is 1.35 bits per heavy atom. The Hall–Kier alpha value is -1.15. The van der Waals surface area contributed by atoms with Crippen LogP contribution in [0, 0.1) is 3.57 Å². The summed E-state index contributed by atoms with van der Waals surface area (Å²) in [6.07, 6.45) is 1.76. The van der Waals surface area contributed by atoms with Gasteiger partial charge in [0.25, 0.3) is 5.56 Å². The fourth-order valence-corrected chi connectivity index (χ4v) is 2.41. The number of hydrogen-bond acceptors (Lipinski definition) is 4. The minimum Gasteiger partial charge on any atom is -0.277 e. The Labute approximate surface area is 131 Å². The van der Waals surface area contributed by atoms with Crippen molar-refractivity contribution in [3.63, 3.8) is 0 Å². The smallest absolute Gasteiger partial charge is 0.262 e. The normalized spacial score (nSPS) is 10.9. The lowest BCUT2D eigenvalue weighted by Gasteiger charge is -2.13. The van der Waals surface area contributed by atoms with Crippen molar-refractivity contribution in [2.24, 2.45) is 0 Å². The zero-order valence-corrected chi connectivity index (χ0v) is 13.8. The molecule has 0 spiro atoms. The monoisotopic (exact) mass is 387 g/mol. The van der Waals surface area contributed by atoms with Gasteiger partial charge >= 0.3 is 0 Å². The third-order valence-corrected chi connectivity index (χ3v) is 3.50. The third kappa shape index (κ3) is 3.29. The van der Waals surface area contributed by atoms with E-state index in [1.807, 2.05) is 32.0 Å². The van der Waals surface area contributed by atoms with Crippen LogP contribution < -0.4 is 11.0 Å². The van der Waals surface area contributed by atoms with Gasteiger partial charge in [-0.25, -0.2) is 10.5 Å². The lowest BCUT2D eigenvalue weighted by atomic mass is 10.2. The molecule has 0 radical (unpaired) electrons. The number of halogens is 1. The Balaban J connectivity index is 2.51. The quantitative estimate of drug-likeness (QED) is 0.470. The molecule has 0 aliphatic rings.